The van der Waals surface area contributed by atoms with Crippen molar-refractivity contribution >= 4 is 34.4 Å². The van der Waals surface area contributed by atoms with Crippen LogP contribution in [0.2, 0.25) is 0 Å². The minimum atomic E-state index is -0.554. The van der Waals surface area contributed by atoms with Crippen molar-refractivity contribution < 1.29 is 9.53 Å². The first-order valence-corrected chi connectivity index (χ1v) is 6.38. The number of amides is 1. The number of aromatic nitrogens is 3. The van der Waals surface area contributed by atoms with Gasteiger partial charge in [-0.15, -0.1) is 11.3 Å². The molecule has 0 fully saturated rings. The molecule has 0 aliphatic rings. The van der Waals surface area contributed by atoms with Gasteiger partial charge in [-0.05, 0) is 17.7 Å². The van der Waals surface area contributed by atoms with E-state index in [0.717, 1.165) is 21.5 Å². The first-order valence-electron chi connectivity index (χ1n) is 5.50. The maximum atomic E-state index is 11.1. The van der Waals surface area contributed by atoms with Crippen molar-refractivity contribution in [3.05, 3.63) is 29.9 Å². The molecule has 0 aliphatic carbocycles. The number of fused-ring (bicyclic) bond motifs is 1. The van der Waals surface area contributed by atoms with Crippen LogP contribution in [0.3, 0.4) is 0 Å². The minimum absolute atomic E-state index is 0.364. The summed E-state index contributed by atoms with van der Waals surface area (Å²) in [7, 11) is 1.31. The lowest BCUT2D eigenvalue weighted by Crippen LogP contribution is -2.11. The predicted octanol–water partition coefficient (Wildman–Crippen LogP) is 2.86. The Hall–Kier alpha value is -2.41. The number of nitrogens with zero attached hydrogens (tertiary/aromatic N) is 2. The van der Waals surface area contributed by atoms with Gasteiger partial charge >= 0.3 is 6.09 Å². The summed E-state index contributed by atoms with van der Waals surface area (Å²) in [4.78, 5) is 23.5. The Morgan fingerprint density at radius 2 is 2.37 bits per heavy atom. The van der Waals surface area contributed by atoms with Crippen LogP contribution in [0.1, 0.15) is 0 Å². The number of anilines is 1. The molecule has 7 heteroatoms. The van der Waals surface area contributed by atoms with Gasteiger partial charge in [-0.25, -0.2) is 9.78 Å². The monoisotopic (exact) mass is 274 g/mol. The lowest BCUT2D eigenvalue weighted by atomic mass is 10.2. The SMILES string of the molecule is COC(=O)Nc1nc2ccc(-c3cncs3)cc2[nH]1. The number of thiazole rings is 1. The van der Waals surface area contributed by atoms with Gasteiger partial charge in [-0.2, -0.15) is 0 Å². The highest BCUT2D eigenvalue weighted by Gasteiger charge is 2.08. The Balaban J connectivity index is 1.97. The molecule has 3 rings (SSSR count). The minimum Gasteiger partial charge on any atom is -0.453 e. The summed E-state index contributed by atoms with van der Waals surface area (Å²) in [5.74, 6) is 0.364. The number of ether oxygens (including phenoxy) is 1. The number of H-pyrrole nitrogens is 1. The van der Waals surface area contributed by atoms with Gasteiger partial charge in [-0.3, -0.25) is 10.3 Å². The molecule has 1 amide bonds. The van der Waals surface area contributed by atoms with Gasteiger partial charge in [0.25, 0.3) is 0 Å². The van der Waals surface area contributed by atoms with Crippen LogP contribution in [-0.2, 0) is 4.74 Å². The van der Waals surface area contributed by atoms with Crippen molar-refractivity contribution in [1.82, 2.24) is 15.0 Å². The largest absolute Gasteiger partial charge is 0.453 e. The summed E-state index contributed by atoms with van der Waals surface area (Å²) in [6.45, 7) is 0. The van der Waals surface area contributed by atoms with E-state index in [1.54, 1.807) is 16.8 Å². The number of carbonyl (C=O) groups is 1. The molecule has 0 saturated heterocycles. The lowest BCUT2D eigenvalue weighted by molar-refractivity contribution is 0.186. The summed E-state index contributed by atoms with van der Waals surface area (Å²) in [6, 6.07) is 5.83. The quantitative estimate of drug-likeness (QED) is 0.753. The maximum absolute atomic E-state index is 11.1. The molecule has 0 aliphatic heterocycles. The molecule has 0 atom stereocenters. The van der Waals surface area contributed by atoms with Crippen LogP contribution in [-0.4, -0.2) is 28.2 Å². The van der Waals surface area contributed by atoms with Crippen molar-refractivity contribution in [3.8, 4) is 10.4 Å². The average Bonchev–Trinajstić information content (AvgIpc) is 3.06. The summed E-state index contributed by atoms with van der Waals surface area (Å²) >= 11 is 1.57. The molecule has 19 heavy (non-hydrogen) atoms. The highest BCUT2D eigenvalue weighted by molar-refractivity contribution is 7.13. The number of methoxy groups -OCH3 is 1. The van der Waals surface area contributed by atoms with Crippen LogP contribution in [0, 0.1) is 0 Å². The van der Waals surface area contributed by atoms with E-state index in [4.69, 9.17) is 0 Å². The summed E-state index contributed by atoms with van der Waals surface area (Å²) in [6.07, 6.45) is 1.26. The third kappa shape index (κ3) is 2.27. The second kappa shape index (κ2) is 4.69. The summed E-state index contributed by atoms with van der Waals surface area (Å²) in [5, 5.41) is 2.50. The molecule has 0 saturated carbocycles. The number of hydrogen-bond acceptors (Lipinski definition) is 5. The molecule has 0 spiro atoms. The van der Waals surface area contributed by atoms with Gasteiger partial charge in [0, 0.05) is 6.20 Å². The van der Waals surface area contributed by atoms with Crippen LogP contribution >= 0.6 is 11.3 Å². The number of aromatic amines is 1. The summed E-state index contributed by atoms with van der Waals surface area (Å²) < 4.78 is 4.52. The van der Waals surface area contributed by atoms with Crippen LogP contribution in [0.15, 0.2) is 29.9 Å². The Bertz CT molecular complexity index is 720. The molecular formula is C12H10N4O2S. The fraction of sp³-hybridized carbons (Fsp3) is 0.0833. The topological polar surface area (TPSA) is 79.9 Å². The average molecular weight is 274 g/mol. The van der Waals surface area contributed by atoms with Gasteiger partial charge < -0.3 is 9.72 Å². The fourth-order valence-electron chi connectivity index (χ4n) is 1.73. The number of carbonyl (C=O) groups excluding carboxylic acids is 1. The van der Waals surface area contributed by atoms with Crippen LogP contribution < -0.4 is 5.32 Å². The van der Waals surface area contributed by atoms with Gasteiger partial charge in [0.05, 0.1) is 28.5 Å². The second-order valence-corrected chi connectivity index (χ2v) is 4.69. The lowest BCUT2D eigenvalue weighted by Gasteiger charge is -1.97. The van der Waals surface area contributed by atoms with Crippen LogP contribution in [0.4, 0.5) is 10.7 Å². The molecule has 3 aromatic rings. The van der Waals surface area contributed by atoms with Crippen molar-refractivity contribution in [2.75, 3.05) is 12.4 Å². The van der Waals surface area contributed by atoms with E-state index >= 15 is 0 Å². The third-order valence-electron chi connectivity index (χ3n) is 2.60. The van der Waals surface area contributed by atoms with E-state index < -0.39 is 6.09 Å². The highest BCUT2D eigenvalue weighted by atomic mass is 32.1. The Morgan fingerprint density at radius 1 is 1.47 bits per heavy atom. The van der Waals surface area contributed by atoms with Gasteiger partial charge in [0.1, 0.15) is 0 Å². The zero-order valence-corrected chi connectivity index (χ0v) is 10.8. The Labute approximate surface area is 112 Å². The number of nitrogens with one attached hydrogen (secondary N) is 2. The van der Waals surface area contributed by atoms with Crippen molar-refractivity contribution in [2.45, 2.75) is 0 Å². The molecule has 2 heterocycles. The maximum Gasteiger partial charge on any atom is 0.413 e. The molecule has 1 aromatic carbocycles. The number of imidazole rings is 1. The number of hydrogen-bond donors (Lipinski definition) is 2. The zero-order chi connectivity index (χ0) is 13.2. The molecule has 0 unspecified atom stereocenters. The molecule has 2 N–H and O–H groups in total. The van der Waals surface area contributed by atoms with E-state index in [0.29, 0.717) is 5.95 Å². The number of rotatable bonds is 2. The van der Waals surface area contributed by atoms with E-state index in [9.17, 15) is 4.79 Å². The van der Waals surface area contributed by atoms with Crippen LogP contribution in [0.5, 0.6) is 0 Å². The highest BCUT2D eigenvalue weighted by Crippen LogP contribution is 2.26. The van der Waals surface area contributed by atoms with Crippen LogP contribution in [0.25, 0.3) is 21.5 Å². The predicted molar refractivity (Wildman–Crippen MR) is 73.2 cm³/mol. The van der Waals surface area contributed by atoms with Gasteiger partial charge in [0.2, 0.25) is 5.95 Å². The van der Waals surface area contributed by atoms with Gasteiger partial charge in [-0.1, -0.05) is 6.07 Å². The standard InChI is InChI=1S/C12H10N4O2S/c1-18-12(17)16-11-14-8-3-2-7(4-9(8)15-11)10-5-13-6-19-10/h2-6H,1H3,(H2,14,15,16,17). The van der Waals surface area contributed by atoms with E-state index in [1.165, 1.54) is 7.11 Å². The third-order valence-corrected chi connectivity index (χ3v) is 3.43. The first-order chi connectivity index (χ1) is 9.26. The number of benzene rings is 1. The van der Waals surface area contributed by atoms with E-state index in [-0.39, 0.29) is 0 Å². The smallest absolute Gasteiger partial charge is 0.413 e. The Kier molecular flexibility index (Phi) is 2.88. The molecular weight excluding hydrogens is 264 g/mol. The Morgan fingerprint density at radius 3 is 3.11 bits per heavy atom. The normalized spacial score (nSPS) is 10.6. The van der Waals surface area contributed by atoms with E-state index in [1.807, 2.05) is 24.4 Å². The molecule has 6 nitrogen and oxygen atoms in total. The molecule has 96 valence electrons. The summed E-state index contributed by atoms with van der Waals surface area (Å²) in [5.41, 5.74) is 4.47. The molecule has 0 bridgehead atoms. The van der Waals surface area contributed by atoms with Crippen molar-refractivity contribution in [1.29, 1.82) is 0 Å². The van der Waals surface area contributed by atoms with Crippen molar-refractivity contribution in [2.24, 2.45) is 0 Å². The van der Waals surface area contributed by atoms with E-state index in [2.05, 4.69) is 25.0 Å². The van der Waals surface area contributed by atoms with Crippen molar-refractivity contribution in [3.63, 3.8) is 0 Å². The zero-order valence-electron chi connectivity index (χ0n) is 10.0. The van der Waals surface area contributed by atoms with Gasteiger partial charge in [0.15, 0.2) is 0 Å². The molecule has 2 aromatic heterocycles. The fourth-order valence-corrected chi connectivity index (χ4v) is 2.35. The molecule has 0 radical (unpaired) electrons. The first kappa shape index (κ1) is 11.7. The second-order valence-electron chi connectivity index (χ2n) is 3.80.